The van der Waals surface area contributed by atoms with E-state index in [0.717, 1.165) is 19.4 Å². The van der Waals surface area contributed by atoms with Crippen LogP contribution in [0.15, 0.2) is 0 Å². The third-order valence-corrected chi connectivity index (χ3v) is 3.03. The topological polar surface area (TPSA) is 3.24 Å². The number of halogens is 3. The first-order valence-electron chi connectivity index (χ1n) is 5.15. The van der Waals surface area contributed by atoms with Crippen molar-refractivity contribution in [2.75, 3.05) is 13.6 Å². The van der Waals surface area contributed by atoms with Gasteiger partial charge in [-0.2, -0.15) is 13.2 Å². The average Bonchev–Trinajstić information content (AvgIpc) is 2.05. The fourth-order valence-electron chi connectivity index (χ4n) is 2.04. The minimum absolute atomic E-state index is 0.125. The van der Waals surface area contributed by atoms with Crippen molar-refractivity contribution >= 4 is 0 Å². The summed E-state index contributed by atoms with van der Waals surface area (Å²) in [5.74, 6) is 0.574. The van der Waals surface area contributed by atoms with Crippen molar-refractivity contribution in [3.05, 3.63) is 0 Å². The van der Waals surface area contributed by atoms with Crippen molar-refractivity contribution < 1.29 is 13.2 Å². The summed E-state index contributed by atoms with van der Waals surface area (Å²) in [6.07, 6.45) is -2.37. The van der Waals surface area contributed by atoms with Crippen LogP contribution in [0.25, 0.3) is 0 Å². The standard InChI is InChI=1S/C10H18F3N/c1-8-4-6-14(2)9(7-8)3-5-10(11,12)13/h8-9H,3-7H2,1-2H3. The van der Waals surface area contributed by atoms with E-state index in [1.807, 2.05) is 7.05 Å². The number of hydrogen-bond donors (Lipinski definition) is 0. The largest absolute Gasteiger partial charge is 0.389 e. The van der Waals surface area contributed by atoms with Gasteiger partial charge >= 0.3 is 6.18 Å². The van der Waals surface area contributed by atoms with Gasteiger partial charge in [0, 0.05) is 12.5 Å². The first-order chi connectivity index (χ1) is 6.38. The lowest BCUT2D eigenvalue weighted by Crippen LogP contribution is -2.39. The highest BCUT2D eigenvalue weighted by Crippen LogP contribution is 2.28. The molecule has 0 aromatic heterocycles. The van der Waals surface area contributed by atoms with Gasteiger partial charge in [-0.3, -0.25) is 0 Å². The number of rotatable bonds is 2. The molecule has 2 unspecified atom stereocenters. The van der Waals surface area contributed by atoms with E-state index in [1.165, 1.54) is 0 Å². The van der Waals surface area contributed by atoms with Gasteiger partial charge in [0.05, 0.1) is 0 Å². The van der Waals surface area contributed by atoms with Crippen molar-refractivity contribution in [2.45, 2.75) is 44.8 Å². The number of nitrogens with zero attached hydrogens (tertiary/aromatic N) is 1. The minimum Gasteiger partial charge on any atom is -0.303 e. The number of alkyl halides is 3. The summed E-state index contributed by atoms with van der Waals surface area (Å²) in [7, 11) is 1.92. The zero-order chi connectivity index (χ0) is 10.8. The van der Waals surface area contributed by atoms with Crippen LogP contribution in [-0.2, 0) is 0 Å². The highest BCUT2D eigenvalue weighted by Gasteiger charge is 2.31. The first-order valence-corrected chi connectivity index (χ1v) is 5.15. The molecule has 2 atom stereocenters. The molecule has 0 aromatic carbocycles. The van der Waals surface area contributed by atoms with Crippen LogP contribution in [0.1, 0.15) is 32.6 Å². The van der Waals surface area contributed by atoms with Crippen molar-refractivity contribution in [2.24, 2.45) is 5.92 Å². The minimum atomic E-state index is -4.00. The highest BCUT2D eigenvalue weighted by molar-refractivity contribution is 4.78. The molecule has 0 aromatic rings. The molecule has 0 N–H and O–H groups in total. The SMILES string of the molecule is CC1CCN(C)C(CCC(F)(F)F)C1. The van der Waals surface area contributed by atoms with E-state index >= 15 is 0 Å². The van der Waals surface area contributed by atoms with Crippen LogP contribution in [0.2, 0.25) is 0 Å². The molecular weight excluding hydrogens is 191 g/mol. The van der Waals surface area contributed by atoms with Gasteiger partial charge in [-0.1, -0.05) is 6.92 Å². The van der Waals surface area contributed by atoms with Gasteiger partial charge in [-0.05, 0) is 38.8 Å². The lowest BCUT2D eigenvalue weighted by Gasteiger charge is -2.36. The lowest BCUT2D eigenvalue weighted by molar-refractivity contribution is -0.138. The van der Waals surface area contributed by atoms with Crippen LogP contribution >= 0.6 is 0 Å². The molecule has 0 saturated carbocycles. The molecule has 1 heterocycles. The smallest absolute Gasteiger partial charge is 0.303 e. The Morgan fingerprint density at radius 3 is 2.57 bits per heavy atom. The van der Waals surface area contributed by atoms with E-state index in [2.05, 4.69) is 11.8 Å². The van der Waals surface area contributed by atoms with E-state index < -0.39 is 12.6 Å². The molecular formula is C10H18F3N. The molecule has 1 saturated heterocycles. The molecule has 84 valence electrons. The maximum Gasteiger partial charge on any atom is 0.389 e. The molecule has 0 spiro atoms. The Labute approximate surface area is 83.3 Å². The van der Waals surface area contributed by atoms with E-state index in [1.54, 1.807) is 0 Å². The summed E-state index contributed by atoms with van der Waals surface area (Å²) in [5.41, 5.74) is 0. The third-order valence-electron chi connectivity index (χ3n) is 3.03. The number of likely N-dealkylation sites (tertiary alicyclic amines) is 1. The Morgan fingerprint density at radius 2 is 2.00 bits per heavy atom. The second kappa shape index (κ2) is 4.51. The summed E-state index contributed by atoms with van der Waals surface area (Å²) in [4.78, 5) is 2.06. The Bertz CT molecular complexity index is 179. The molecule has 0 bridgehead atoms. The quantitative estimate of drug-likeness (QED) is 0.675. The first kappa shape index (κ1) is 11.8. The lowest BCUT2D eigenvalue weighted by atomic mass is 9.90. The molecule has 1 fully saturated rings. The Hall–Kier alpha value is -0.250. The van der Waals surface area contributed by atoms with Crippen molar-refractivity contribution in [3.8, 4) is 0 Å². The summed E-state index contributed by atoms with van der Waals surface area (Å²) >= 11 is 0. The van der Waals surface area contributed by atoms with E-state index in [4.69, 9.17) is 0 Å². The Balaban J connectivity index is 2.35. The molecule has 0 aliphatic carbocycles. The second-order valence-corrected chi connectivity index (χ2v) is 4.42. The van der Waals surface area contributed by atoms with Gasteiger partial charge in [0.25, 0.3) is 0 Å². The predicted molar refractivity (Wildman–Crippen MR) is 50.1 cm³/mol. The van der Waals surface area contributed by atoms with Gasteiger partial charge < -0.3 is 4.90 Å². The fourth-order valence-corrected chi connectivity index (χ4v) is 2.04. The number of piperidine rings is 1. The molecule has 0 radical (unpaired) electrons. The fraction of sp³-hybridized carbons (Fsp3) is 1.00. The molecule has 14 heavy (non-hydrogen) atoms. The van der Waals surface area contributed by atoms with E-state index in [-0.39, 0.29) is 12.5 Å². The molecule has 0 amide bonds. The van der Waals surface area contributed by atoms with Crippen molar-refractivity contribution in [3.63, 3.8) is 0 Å². The summed E-state index contributed by atoms with van der Waals surface area (Å²) in [6.45, 7) is 3.05. The Kier molecular flexibility index (Phi) is 3.81. The summed E-state index contributed by atoms with van der Waals surface area (Å²) in [5, 5.41) is 0. The average molecular weight is 209 g/mol. The van der Waals surface area contributed by atoms with Crippen LogP contribution in [0.5, 0.6) is 0 Å². The van der Waals surface area contributed by atoms with Gasteiger partial charge in [0.1, 0.15) is 0 Å². The monoisotopic (exact) mass is 209 g/mol. The van der Waals surface area contributed by atoms with Gasteiger partial charge in [0.2, 0.25) is 0 Å². The normalized spacial score (nSPS) is 30.6. The van der Waals surface area contributed by atoms with Crippen LogP contribution < -0.4 is 0 Å². The maximum absolute atomic E-state index is 12.0. The zero-order valence-electron chi connectivity index (χ0n) is 8.77. The van der Waals surface area contributed by atoms with Crippen LogP contribution in [0, 0.1) is 5.92 Å². The van der Waals surface area contributed by atoms with Gasteiger partial charge in [-0.15, -0.1) is 0 Å². The molecule has 1 aliphatic rings. The molecule has 1 rings (SSSR count). The van der Waals surface area contributed by atoms with Crippen molar-refractivity contribution in [1.82, 2.24) is 4.90 Å². The zero-order valence-corrected chi connectivity index (χ0v) is 8.77. The van der Waals surface area contributed by atoms with Gasteiger partial charge in [0.15, 0.2) is 0 Å². The Morgan fingerprint density at radius 1 is 1.36 bits per heavy atom. The highest BCUT2D eigenvalue weighted by atomic mass is 19.4. The second-order valence-electron chi connectivity index (χ2n) is 4.42. The summed E-state index contributed by atoms with van der Waals surface area (Å²) in [6, 6.07) is 0.125. The van der Waals surface area contributed by atoms with Crippen molar-refractivity contribution in [1.29, 1.82) is 0 Å². The van der Waals surface area contributed by atoms with Crippen LogP contribution in [-0.4, -0.2) is 30.7 Å². The van der Waals surface area contributed by atoms with E-state index in [0.29, 0.717) is 5.92 Å². The third kappa shape index (κ3) is 3.86. The summed E-state index contributed by atoms with van der Waals surface area (Å²) < 4.78 is 36.0. The predicted octanol–water partition coefficient (Wildman–Crippen LogP) is 3.06. The van der Waals surface area contributed by atoms with E-state index in [9.17, 15) is 13.2 Å². The maximum atomic E-state index is 12.0. The number of hydrogen-bond acceptors (Lipinski definition) is 1. The van der Waals surface area contributed by atoms with Crippen LogP contribution in [0.3, 0.4) is 0 Å². The van der Waals surface area contributed by atoms with Gasteiger partial charge in [-0.25, -0.2) is 0 Å². The van der Waals surface area contributed by atoms with Crippen LogP contribution in [0.4, 0.5) is 13.2 Å². The molecule has 1 nitrogen and oxygen atoms in total. The molecule has 1 aliphatic heterocycles. The molecule has 4 heteroatoms.